The third-order valence-corrected chi connectivity index (χ3v) is 6.30. The summed E-state index contributed by atoms with van der Waals surface area (Å²) in [5, 5.41) is 11.8. The molecule has 8 nitrogen and oxygen atoms in total. The number of anilines is 1. The molecule has 0 bridgehead atoms. The van der Waals surface area contributed by atoms with E-state index in [0.717, 1.165) is 30.7 Å². The zero-order valence-electron chi connectivity index (χ0n) is 18.3. The highest BCUT2D eigenvalue weighted by atomic mass is 16.5. The molecule has 1 saturated carbocycles. The fourth-order valence-corrected chi connectivity index (χ4v) is 4.42. The molecule has 0 radical (unpaired) electrons. The highest BCUT2D eigenvalue weighted by Crippen LogP contribution is 2.47. The fraction of sp³-hybridized carbons (Fsp3) is 0.478. The monoisotopic (exact) mass is 420 g/mol. The first-order valence-electron chi connectivity index (χ1n) is 10.9. The molecule has 1 fully saturated rings. The summed E-state index contributed by atoms with van der Waals surface area (Å²) in [7, 11) is 3.54. The van der Waals surface area contributed by atoms with Crippen molar-refractivity contribution >= 4 is 5.69 Å². The van der Waals surface area contributed by atoms with Crippen LogP contribution in [0.1, 0.15) is 47.1 Å². The van der Waals surface area contributed by atoms with Crippen LogP contribution < -0.4 is 15.6 Å². The van der Waals surface area contributed by atoms with Gasteiger partial charge in [0.05, 0.1) is 24.5 Å². The lowest BCUT2D eigenvalue weighted by atomic mass is 10.1. The number of aryl methyl sites for hydroxylation is 5. The SMILES string of the molecule is Cc1cc(CNc2cc(OCC3C[C@H]3c3ccc4c(n3)CCC4)nn(C)c2=O)n(C)n1. The maximum atomic E-state index is 12.5. The Balaban J connectivity index is 1.22. The quantitative estimate of drug-likeness (QED) is 0.632. The van der Waals surface area contributed by atoms with Crippen LogP contribution in [0.4, 0.5) is 5.69 Å². The van der Waals surface area contributed by atoms with Gasteiger partial charge in [0.15, 0.2) is 0 Å². The number of pyridine rings is 1. The molecule has 0 amide bonds. The third-order valence-electron chi connectivity index (χ3n) is 6.30. The van der Waals surface area contributed by atoms with Crippen LogP contribution in [-0.2, 0) is 33.5 Å². The molecule has 2 aliphatic carbocycles. The van der Waals surface area contributed by atoms with Gasteiger partial charge in [0.2, 0.25) is 5.88 Å². The van der Waals surface area contributed by atoms with Crippen LogP contribution >= 0.6 is 0 Å². The van der Waals surface area contributed by atoms with Crippen molar-refractivity contribution < 1.29 is 4.74 Å². The molecular formula is C23H28N6O2. The number of aromatic nitrogens is 5. The molecule has 0 saturated heterocycles. The van der Waals surface area contributed by atoms with Gasteiger partial charge >= 0.3 is 0 Å². The van der Waals surface area contributed by atoms with Gasteiger partial charge in [-0.25, -0.2) is 4.68 Å². The second-order valence-electron chi connectivity index (χ2n) is 8.69. The van der Waals surface area contributed by atoms with Crippen LogP contribution in [0.5, 0.6) is 5.88 Å². The van der Waals surface area contributed by atoms with Gasteiger partial charge in [-0.15, -0.1) is 5.10 Å². The molecule has 3 heterocycles. The van der Waals surface area contributed by atoms with Crippen LogP contribution in [0.2, 0.25) is 0 Å². The molecule has 0 aromatic carbocycles. The Bertz CT molecular complexity index is 1180. The van der Waals surface area contributed by atoms with Crippen LogP contribution in [0.3, 0.4) is 0 Å². The summed E-state index contributed by atoms with van der Waals surface area (Å²) in [5.74, 6) is 1.36. The lowest BCUT2D eigenvalue weighted by Crippen LogP contribution is -2.24. The van der Waals surface area contributed by atoms with E-state index in [1.807, 2.05) is 24.7 Å². The number of ether oxygens (including phenoxy) is 1. The molecule has 3 aromatic heterocycles. The fourth-order valence-electron chi connectivity index (χ4n) is 4.42. The first kappa shape index (κ1) is 19.8. The smallest absolute Gasteiger partial charge is 0.290 e. The summed E-state index contributed by atoms with van der Waals surface area (Å²) in [6.07, 6.45) is 4.57. The van der Waals surface area contributed by atoms with Gasteiger partial charge in [-0.2, -0.15) is 5.10 Å². The van der Waals surface area contributed by atoms with Crippen LogP contribution in [0.15, 0.2) is 29.1 Å². The van der Waals surface area contributed by atoms with Gasteiger partial charge in [0, 0.05) is 43.4 Å². The van der Waals surface area contributed by atoms with Crippen LogP contribution in [-0.4, -0.2) is 31.2 Å². The highest BCUT2D eigenvalue weighted by molar-refractivity contribution is 5.43. The van der Waals surface area contributed by atoms with Crippen molar-refractivity contribution in [3.8, 4) is 5.88 Å². The molecule has 0 spiro atoms. The number of nitrogens with one attached hydrogen (secondary N) is 1. The zero-order chi connectivity index (χ0) is 21.5. The number of fused-ring (bicyclic) bond motifs is 1. The van der Waals surface area contributed by atoms with Gasteiger partial charge < -0.3 is 10.1 Å². The van der Waals surface area contributed by atoms with Crippen LogP contribution in [0.25, 0.3) is 0 Å². The molecule has 31 heavy (non-hydrogen) atoms. The predicted molar refractivity (Wildman–Crippen MR) is 117 cm³/mol. The predicted octanol–water partition coefficient (Wildman–Crippen LogP) is 2.50. The summed E-state index contributed by atoms with van der Waals surface area (Å²) >= 11 is 0. The summed E-state index contributed by atoms with van der Waals surface area (Å²) in [5.41, 5.74) is 6.12. The van der Waals surface area contributed by atoms with E-state index in [4.69, 9.17) is 9.72 Å². The van der Waals surface area contributed by atoms with E-state index in [0.29, 0.717) is 36.6 Å². The number of hydrogen-bond acceptors (Lipinski definition) is 6. The van der Waals surface area contributed by atoms with Crippen molar-refractivity contribution in [1.29, 1.82) is 0 Å². The van der Waals surface area contributed by atoms with Crippen molar-refractivity contribution in [3.05, 3.63) is 63.0 Å². The van der Waals surface area contributed by atoms with Crippen molar-refractivity contribution in [2.75, 3.05) is 11.9 Å². The molecule has 3 aromatic rings. The lowest BCUT2D eigenvalue weighted by molar-refractivity contribution is 0.278. The molecule has 162 valence electrons. The van der Waals surface area contributed by atoms with E-state index in [1.165, 1.54) is 28.1 Å². The third kappa shape index (κ3) is 4.06. The molecule has 1 N–H and O–H groups in total. The van der Waals surface area contributed by atoms with Gasteiger partial charge in [-0.1, -0.05) is 6.07 Å². The first-order chi connectivity index (χ1) is 15.0. The Labute approximate surface area is 181 Å². The molecule has 1 unspecified atom stereocenters. The van der Waals surface area contributed by atoms with E-state index < -0.39 is 0 Å². The first-order valence-corrected chi connectivity index (χ1v) is 10.9. The average Bonchev–Trinajstić information content (AvgIpc) is 3.24. The van der Waals surface area contributed by atoms with E-state index in [-0.39, 0.29) is 5.56 Å². The van der Waals surface area contributed by atoms with E-state index in [9.17, 15) is 4.79 Å². The molecule has 2 aliphatic rings. The minimum absolute atomic E-state index is 0.183. The molecule has 0 aliphatic heterocycles. The Hall–Kier alpha value is -3.16. The number of nitrogens with zero attached hydrogens (tertiary/aromatic N) is 5. The number of hydrogen-bond donors (Lipinski definition) is 1. The van der Waals surface area contributed by atoms with Gasteiger partial charge in [0.1, 0.15) is 5.69 Å². The second kappa shape index (κ2) is 7.83. The second-order valence-corrected chi connectivity index (χ2v) is 8.69. The standard InChI is InChI=1S/C23H28N6O2/c1-14-9-17(28(2)26-14)12-24-21-11-22(27-29(3)23(21)30)31-13-16-10-18(16)20-8-7-15-5-4-6-19(15)25-20/h7-9,11,16,18,24H,4-6,10,12-13H2,1-3H3/t16?,18-/m1/s1. The normalized spacial score (nSPS) is 19.3. The van der Waals surface area contributed by atoms with Crippen molar-refractivity contribution in [3.63, 3.8) is 0 Å². The van der Waals surface area contributed by atoms with Gasteiger partial charge in [-0.05, 0) is 50.3 Å². The van der Waals surface area contributed by atoms with Crippen molar-refractivity contribution in [2.45, 2.75) is 45.1 Å². The van der Waals surface area contributed by atoms with Gasteiger partial charge in [-0.3, -0.25) is 14.5 Å². The summed E-state index contributed by atoms with van der Waals surface area (Å²) in [6, 6.07) is 8.12. The average molecular weight is 421 g/mol. The maximum Gasteiger partial charge on any atom is 0.290 e. The Morgan fingerprint density at radius 1 is 1.16 bits per heavy atom. The topological polar surface area (TPSA) is 86.9 Å². The van der Waals surface area contributed by atoms with Gasteiger partial charge in [0.25, 0.3) is 5.56 Å². The van der Waals surface area contributed by atoms with Crippen molar-refractivity contribution in [2.24, 2.45) is 20.0 Å². The summed E-state index contributed by atoms with van der Waals surface area (Å²) in [4.78, 5) is 17.4. The Kier molecular flexibility index (Phi) is 5.00. The minimum atomic E-state index is -0.183. The van der Waals surface area contributed by atoms with E-state index in [1.54, 1.807) is 13.1 Å². The lowest BCUT2D eigenvalue weighted by Gasteiger charge is -2.11. The number of rotatable bonds is 7. The molecule has 8 heteroatoms. The Morgan fingerprint density at radius 2 is 2.03 bits per heavy atom. The van der Waals surface area contributed by atoms with Crippen molar-refractivity contribution in [1.82, 2.24) is 24.5 Å². The zero-order valence-corrected chi connectivity index (χ0v) is 18.3. The molecule has 2 atom stereocenters. The molecule has 5 rings (SSSR count). The molecular weight excluding hydrogens is 392 g/mol. The van der Waals surface area contributed by atoms with E-state index >= 15 is 0 Å². The largest absolute Gasteiger partial charge is 0.476 e. The Morgan fingerprint density at radius 3 is 2.84 bits per heavy atom. The minimum Gasteiger partial charge on any atom is -0.476 e. The summed E-state index contributed by atoms with van der Waals surface area (Å²) in [6.45, 7) is 3.03. The maximum absolute atomic E-state index is 12.5. The highest BCUT2D eigenvalue weighted by Gasteiger charge is 2.40. The summed E-state index contributed by atoms with van der Waals surface area (Å²) < 4.78 is 9.10. The van der Waals surface area contributed by atoms with Crippen LogP contribution in [0, 0.1) is 12.8 Å². The van der Waals surface area contributed by atoms with E-state index in [2.05, 4.69) is 27.6 Å².